The highest BCUT2D eigenvalue weighted by Crippen LogP contribution is 2.27. The SMILES string of the molecule is C=CCCCCCC[C@@H](N)COc1cc(-c2ccccc2C=C)nc(NS(=O)(=O)c2cccc(C(C)=O)c2)n1. The third-order valence-electron chi connectivity index (χ3n) is 6.11. The Balaban J connectivity index is 1.83. The average molecular weight is 549 g/mol. The van der Waals surface area contributed by atoms with Gasteiger partial charge in [0, 0.05) is 23.2 Å². The number of rotatable bonds is 16. The lowest BCUT2D eigenvalue weighted by Crippen LogP contribution is -2.28. The van der Waals surface area contributed by atoms with Crippen LogP contribution in [0.4, 0.5) is 5.95 Å². The summed E-state index contributed by atoms with van der Waals surface area (Å²) < 4.78 is 34.7. The summed E-state index contributed by atoms with van der Waals surface area (Å²) in [6.07, 6.45) is 9.80. The van der Waals surface area contributed by atoms with Gasteiger partial charge in [-0.3, -0.25) is 4.79 Å². The van der Waals surface area contributed by atoms with Gasteiger partial charge in [0.15, 0.2) is 5.78 Å². The van der Waals surface area contributed by atoms with Crippen LogP contribution in [0.2, 0.25) is 0 Å². The van der Waals surface area contributed by atoms with Gasteiger partial charge in [-0.25, -0.2) is 18.1 Å². The van der Waals surface area contributed by atoms with Gasteiger partial charge in [-0.05, 0) is 43.9 Å². The highest BCUT2D eigenvalue weighted by molar-refractivity contribution is 7.92. The zero-order chi connectivity index (χ0) is 28.3. The Morgan fingerprint density at radius 3 is 2.56 bits per heavy atom. The lowest BCUT2D eigenvalue weighted by Gasteiger charge is -2.15. The Morgan fingerprint density at radius 2 is 1.82 bits per heavy atom. The first-order valence-electron chi connectivity index (χ1n) is 13.0. The second-order valence-corrected chi connectivity index (χ2v) is 10.9. The number of allylic oxidation sites excluding steroid dienone is 1. The van der Waals surface area contributed by atoms with Crippen molar-refractivity contribution < 1.29 is 17.9 Å². The first-order chi connectivity index (χ1) is 18.7. The molecule has 3 aromatic rings. The van der Waals surface area contributed by atoms with Crippen LogP contribution in [0.1, 0.15) is 61.4 Å². The second kappa shape index (κ2) is 14.4. The van der Waals surface area contributed by atoms with Crippen LogP contribution in [0.15, 0.2) is 78.7 Å². The van der Waals surface area contributed by atoms with E-state index in [1.165, 1.54) is 25.1 Å². The molecule has 1 heterocycles. The number of nitrogens with two attached hydrogens (primary N) is 1. The first kappa shape index (κ1) is 29.7. The van der Waals surface area contributed by atoms with Gasteiger partial charge in [-0.2, -0.15) is 4.98 Å². The van der Waals surface area contributed by atoms with E-state index in [0.717, 1.165) is 49.7 Å². The lowest BCUT2D eigenvalue weighted by atomic mass is 10.0. The molecule has 3 rings (SSSR count). The fourth-order valence-electron chi connectivity index (χ4n) is 3.98. The highest BCUT2D eigenvalue weighted by Gasteiger charge is 2.19. The number of ketones is 1. The van der Waals surface area contributed by atoms with Gasteiger partial charge < -0.3 is 10.5 Å². The van der Waals surface area contributed by atoms with Gasteiger partial charge in [0.05, 0.1) is 10.6 Å². The summed E-state index contributed by atoms with van der Waals surface area (Å²) >= 11 is 0. The highest BCUT2D eigenvalue weighted by atomic mass is 32.2. The molecule has 0 aliphatic carbocycles. The Labute approximate surface area is 231 Å². The minimum atomic E-state index is -4.09. The van der Waals surface area contributed by atoms with E-state index in [-0.39, 0.29) is 40.7 Å². The van der Waals surface area contributed by atoms with E-state index >= 15 is 0 Å². The molecule has 39 heavy (non-hydrogen) atoms. The summed E-state index contributed by atoms with van der Waals surface area (Å²) in [4.78, 5) is 20.4. The lowest BCUT2D eigenvalue weighted by molar-refractivity contribution is 0.101. The molecule has 0 bridgehead atoms. The van der Waals surface area contributed by atoms with E-state index in [4.69, 9.17) is 10.5 Å². The minimum Gasteiger partial charge on any atom is -0.476 e. The van der Waals surface area contributed by atoms with Gasteiger partial charge in [-0.1, -0.05) is 74.4 Å². The number of sulfonamides is 1. The summed E-state index contributed by atoms with van der Waals surface area (Å²) in [6.45, 7) is 9.20. The molecular formula is C30H36N4O4S. The third kappa shape index (κ3) is 8.87. The predicted molar refractivity (Wildman–Crippen MR) is 156 cm³/mol. The van der Waals surface area contributed by atoms with Crippen LogP contribution in [-0.4, -0.2) is 36.8 Å². The largest absolute Gasteiger partial charge is 0.476 e. The maximum absolute atomic E-state index is 13.2. The van der Waals surface area contributed by atoms with Crippen molar-refractivity contribution in [2.24, 2.45) is 5.73 Å². The zero-order valence-electron chi connectivity index (χ0n) is 22.3. The molecule has 1 aromatic heterocycles. The minimum absolute atomic E-state index is 0.0757. The predicted octanol–water partition coefficient (Wildman–Crippen LogP) is 6.02. The smallest absolute Gasteiger partial charge is 0.264 e. The molecule has 0 aliphatic heterocycles. The van der Waals surface area contributed by atoms with Crippen molar-refractivity contribution >= 4 is 27.8 Å². The van der Waals surface area contributed by atoms with Gasteiger partial charge >= 0.3 is 0 Å². The molecular weight excluding hydrogens is 512 g/mol. The van der Waals surface area contributed by atoms with Crippen molar-refractivity contribution in [2.45, 2.75) is 56.4 Å². The molecule has 0 aliphatic rings. The molecule has 206 valence electrons. The number of hydrogen-bond donors (Lipinski definition) is 2. The number of nitrogens with zero attached hydrogens (tertiary/aromatic N) is 2. The van der Waals surface area contributed by atoms with Gasteiger partial charge in [0.1, 0.15) is 6.61 Å². The molecule has 0 amide bonds. The fourth-order valence-corrected chi connectivity index (χ4v) is 4.97. The fraction of sp³-hybridized carbons (Fsp3) is 0.300. The number of benzene rings is 2. The van der Waals surface area contributed by atoms with Crippen molar-refractivity contribution in [1.82, 2.24) is 9.97 Å². The standard InChI is InChI=1S/C30H36N4O4S/c1-4-6-7-8-9-10-16-25(31)21-38-29-20-28(27-18-12-11-14-23(27)5-2)32-30(33-29)34-39(36,37)26-17-13-15-24(19-26)22(3)35/h4-5,11-15,17-20,25H,1-2,6-10,16,21,31H2,3H3,(H,32,33,34)/t25-/m1/s1. The number of nitrogens with one attached hydrogen (secondary N) is 1. The third-order valence-corrected chi connectivity index (χ3v) is 7.44. The van der Waals surface area contributed by atoms with Gasteiger partial charge in [0.2, 0.25) is 11.8 Å². The number of Topliss-reactive ketones (excluding diaryl/α,β-unsaturated/α-hetero) is 1. The van der Waals surface area contributed by atoms with E-state index in [2.05, 4.69) is 27.8 Å². The number of unbranched alkanes of at least 4 members (excludes halogenated alkanes) is 4. The van der Waals surface area contributed by atoms with Crippen molar-refractivity contribution in [3.63, 3.8) is 0 Å². The molecule has 0 fully saturated rings. The number of aromatic nitrogens is 2. The summed E-state index contributed by atoms with van der Waals surface area (Å²) in [7, 11) is -4.09. The Morgan fingerprint density at radius 1 is 1.05 bits per heavy atom. The van der Waals surface area contributed by atoms with Crippen LogP contribution in [-0.2, 0) is 10.0 Å². The molecule has 2 aromatic carbocycles. The van der Waals surface area contributed by atoms with Crippen LogP contribution < -0.4 is 15.2 Å². The molecule has 3 N–H and O–H groups in total. The van der Waals surface area contributed by atoms with E-state index in [1.54, 1.807) is 18.2 Å². The van der Waals surface area contributed by atoms with Gasteiger partial charge in [-0.15, -0.1) is 6.58 Å². The quantitative estimate of drug-likeness (QED) is 0.127. The summed E-state index contributed by atoms with van der Waals surface area (Å²) in [5.74, 6) is -0.212. The van der Waals surface area contributed by atoms with E-state index < -0.39 is 10.0 Å². The van der Waals surface area contributed by atoms with Crippen LogP contribution in [0.25, 0.3) is 17.3 Å². The van der Waals surface area contributed by atoms with Crippen molar-refractivity contribution in [2.75, 3.05) is 11.3 Å². The Kier molecular flexibility index (Phi) is 11.0. The normalized spacial score (nSPS) is 11.9. The summed E-state index contributed by atoms with van der Waals surface area (Å²) in [6, 6.07) is 14.7. The molecule has 0 saturated heterocycles. The molecule has 0 radical (unpaired) electrons. The molecule has 9 heteroatoms. The zero-order valence-corrected chi connectivity index (χ0v) is 23.1. The maximum atomic E-state index is 13.2. The van der Waals surface area contributed by atoms with Crippen molar-refractivity contribution in [1.29, 1.82) is 0 Å². The van der Waals surface area contributed by atoms with Crippen LogP contribution in [0.5, 0.6) is 5.88 Å². The molecule has 0 spiro atoms. The number of carbonyl (C=O) groups excluding carboxylic acids is 1. The first-order valence-corrected chi connectivity index (χ1v) is 14.5. The number of ether oxygens (including phenoxy) is 1. The second-order valence-electron chi connectivity index (χ2n) is 9.25. The topological polar surface area (TPSA) is 124 Å². The molecule has 1 atom stereocenters. The monoisotopic (exact) mass is 548 g/mol. The average Bonchev–Trinajstić information content (AvgIpc) is 2.93. The molecule has 8 nitrogen and oxygen atoms in total. The van der Waals surface area contributed by atoms with Crippen LogP contribution >= 0.6 is 0 Å². The number of carbonyl (C=O) groups is 1. The summed E-state index contributed by atoms with van der Waals surface area (Å²) in [5.41, 5.74) is 8.57. The Bertz CT molecular complexity index is 1410. The van der Waals surface area contributed by atoms with E-state index in [0.29, 0.717) is 5.69 Å². The molecule has 0 saturated carbocycles. The van der Waals surface area contributed by atoms with Crippen molar-refractivity contribution in [3.8, 4) is 17.1 Å². The van der Waals surface area contributed by atoms with E-state index in [9.17, 15) is 13.2 Å². The summed E-state index contributed by atoms with van der Waals surface area (Å²) in [5, 5.41) is 0. The van der Waals surface area contributed by atoms with Crippen molar-refractivity contribution in [3.05, 3.63) is 85.0 Å². The van der Waals surface area contributed by atoms with Gasteiger partial charge in [0.25, 0.3) is 10.0 Å². The number of anilines is 1. The van der Waals surface area contributed by atoms with Crippen LogP contribution in [0, 0.1) is 0 Å². The molecule has 0 unspecified atom stereocenters. The van der Waals surface area contributed by atoms with Crippen LogP contribution in [0.3, 0.4) is 0 Å². The Hall–Kier alpha value is -3.82. The number of hydrogen-bond acceptors (Lipinski definition) is 7. The van der Waals surface area contributed by atoms with E-state index in [1.807, 2.05) is 30.3 Å². The maximum Gasteiger partial charge on any atom is 0.264 e.